The van der Waals surface area contributed by atoms with Gasteiger partial charge in [-0.25, -0.2) is 0 Å². The topological polar surface area (TPSA) is 15.3 Å². The molecule has 0 bridgehead atoms. The third-order valence-electron chi connectivity index (χ3n) is 3.39. The number of hydrogen-bond acceptors (Lipinski definition) is 2. The minimum absolute atomic E-state index is 0.732. The van der Waals surface area contributed by atoms with Gasteiger partial charge in [-0.05, 0) is 36.1 Å². The Bertz CT molecular complexity index is 314. The molecule has 96 valence electrons. The zero-order chi connectivity index (χ0) is 12.8. The lowest BCUT2D eigenvalue weighted by Crippen LogP contribution is -2.23. The van der Waals surface area contributed by atoms with E-state index in [2.05, 4.69) is 69.3 Å². The predicted octanol–water partition coefficient (Wildman–Crippen LogP) is 3.13. The summed E-state index contributed by atoms with van der Waals surface area (Å²) in [6, 6.07) is 8.73. The SMILES string of the molecule is CC(C)C(C)CNCc1ccc(N(C)C)cc1. The van der Waals surface area contributed by atoms with E-state index in [9.17, 15) is 0 Å². The molecule has 1 aromatic rings. The Morgan fingerprint density at radius 1 is 1.06 bits per heavy atom. The maximum absolute atomic E-state index is 3.52. The van der Waals surface area contributed by atoms with Gasteiger partial charge in [-0.3, -0.25) is 0 Å². The third-order valence-corrected chi connectivity index (χ3v) is 3.39. The van der Waals surface area contributed by atoms with Crippen molar-refractivity contribution in [3.05, 3.63) is 29.8 Å². The smallest absolute Gasteiger partial charge is 0.0361 e. The van der Waals surface area contributed by atoms with Crippen LogP contribution in [0.3, 0.4) is 0 Å². The van der Waals surface area contributed by atoms with Gasteiger partial charge in [0.2, 0.25) is 0 Å². The molecule has 2 nitrogen and oxygen atoms in total. The summed E-state index contributed by atoms with van der Waals surface area (Å²) >= 11 is 0. The Labute approximate surface area is 106 Å². The van der Waals surface area contributed by atoms with E-state index in [1.165, 1.54) is 11.3 Å². The highest BCUT2D eigenvalue weighted by Gasteiger charge is 2.05. The van der Waals surface area contributed by atoms with Crippen molar-refractivity contribution in [3.63, 3.8) is 0 Å². The van der Waals surface area contributed by atoms with Crippen molar-refractivity contribution in [1.82, 2.24) is 5.32 Å². The van der Waals surface area contributed by atoms with Gasteiger partial charge < -0.3 is 10.2 Å². The summed E-state index contributed by atoms with van der Waals surface area (Å²) in [5.41, 5.74) is 2.61. The lowest BCUT2D eigenvalue weighted by molar-refractivity contribution is 0.392. The molecular formula is C15H26N2. The van der Waals surface area contributed by atoms with E-state index < -0.39 is 0 Å². The maximum Gasteiger partial charge on any atom is 0.0361 e. The molecule has 0 amide bonds. The van der Waals surface area contributed by atoms with Crippen LogP contribution in [-0.4, -0.2) is 20.6 Å². The summed E-state index contributed by atoms with van der Waals surface area (Å²) in [5, 5.41) is 3.52. The van der Waals surface area contributed by atoms with Gasteiger partial charge in [0.25, 0.3) is 0 Å². The van der Waals surface area contributed by atoms with E-state index in [-0.39, 0.29) is 0 Å². The zero-order valence-corrected chi connectivity index (χ0v) is 11.8. The quantitative estimate of drug-likeness (QED) is 0.813. The Morgan fingerprint density at radius 3 is 2.12 bits per heavy atom. The van der Waals surface area contributed by atoms with Gasteiger partial charge in [-0.15, -0.1) is 0 Å². The van der Waals surface area contributed by atoms with Crippen LogP contribution in [0.5, 0.6) is 0 Å². The van der Waals surface area contributed by atoms with Gasteiger partial charge in [0.05, 0.1) is 0 Å². The summed E-state index contributed by atoms with van der Waals surface area (Å²) in [6.07, 6.45) is 0. The van der Waals surface area contributed by atoms with Gasteiger partial charge in [0.1, 0.15) is 0 Å². The van der Waals surface area contributed by atoms with E-state index >= 15 is 0 Å². The van der Waals surface area contributed by atoms with Crippen LogP contribution in [0.15, 0.2) is 24.3 Å². The molecule has 1 aromatic carbocycles. The zero-order valence-electron chi connectivity index (χ0n) is 11.8. The largest absolute Gasteiger partial charge is 0.378 e. The second kappa shape index (κ2) is 6.65. The molecule has 2 heteroatoms. The van der Waals surface area contributed by atoms with Gasteiger partial charge in [0, 0.05) is 26.3 Å². The molecule has 1 unspecified atom stereocenters. The third kappa shape index (κ3) is 4.78. The van der Waals surface area contributed by atoms with Crippen molar-refractivity contribution in [3.8, 4) is 0 Å². The van der Waals surface area contributed by atoms with E-state index in [1.54, 1.807) is 0 Å². The number of nitrogens with one attached hydrogen (secondary N) is 1. The molecule has 0 aromatic heterocycles. The summed E-state index contributed by atoms with van der Waals surface area (Å²) < 4.78 is 0. The molecule has 1 rings (SSSR count). The number of nitrogens with zero attached hydrogens (tertiary/aromatic N) is 1. The predicted molar refractivity (Wildman–Crippen MR) is 76.5 cm³/mol. The summed E-state index contributed by atoms with van der Waals surface area (Å²) in [5.74, 6) is 1.48. The summed E-state index contributed by atoms with van der Waals surface area (Å²) in [6.45, 7) is 8.90. The minimum atomic E-state index is 0.732. The monoisotopic (exact) mass is 234 g/mol. The van der Waals surface area contributed by atoms with Gasteiger partial charge in [-0.2, -0.15) is 0 Å². The Kier molecular flexibility index (Phi) is 5.49. The van der Waals surface area contributed by atoms with Crippen molar-refractivity contribution in [2.24, 2.45) is 11.8 Å². The van der Waals surface area contributed by atoms with Crippen LogP contribution in [0.4, 0.5) is 5.69 Å². The van der Waals surface area contributed by atoms with Crippen molar-refractivity contribution < 1.29 is 0 Å². The maximum atomic E-state index is 3.52. The van der Waals surface area contributed by atoms with Crippen molar-refractivity contribution in [1.29, 1.82) is 0 Å². The Hall–Kier alpha value is -1.02. The molecule has 0 aliphatic rings. The van der Waals surface area contributed by atoms with E-state index in [1.807, 2.05) is 0 Å². The second-order valence-corrected chi connectivity index (χ2v) is 5.41. The molecule has 0 aliphatic heterocycles. The van der Waals surface area contributed by atoms with Crippen LogP contribution in [0, 0.1) is 11.8 Å². The van der Waals surface area contributed by atoms with Gasteiger partial charge in [-0.1, -0.05) is 32.9 Å². The van der Waals surface area contributed by atoms with Crippen LogP contribution in [0.25, 0.3) is 0 Å². The highest BCUT2D eigenvalue weighted by atomic mass is 15.1. The molecule has 0 aliphatic carbocycles. The highest BCUT2D eigenvalue weighted by Crippen LogP contribution is 2.12. The number of rotatable bonds is 6. The van der Waals surface area contributed by atoms with Crippen LogP contribution < -0.4 is 10.2 Å². The number of hydrogen-bond donors (Lipinski definition) is 1. The standard InChI is InChI=1S/C15H26N2/c1-12(2)13(3)10-16-11-14-6-8-15(9-7-14)17(4)5/h6-9,12-13,16H,10-11H2,1-5H3. The fourth-order valence-corrected chi connectivity index (χ4v) is 1.59. The minimum Gasteiger partial charge on any atom is -0.378 e. The molecule has 0 saturated carbocycles. The fraction of sp³-hybridized carbons (Fsp3) is 0.600. The average molecular weight is 234 g/mol. The summed E-state index contributed by atoms with van der Waals surface area (Å²) in [7, 11) is 4.13. The van der Waals surface area contributed by atoms with Crippen molar-refractivity contribution >= 4 is 5.69 Å². The highest BCUT2D eigenvalue weighted by molar-refractivity contribution is 5.45. The molecule has 1 N–H and O–H groups in total. The summed E-state index contributed by atoms with van der Waals surface area (Å²) in [4.78, 5) is 2.12. The van der Waals surface area contributed by atoms with Crippen molar-refractivity contribution in [2.75, 3.05) is 25.5 Å². The second-order valence-electron chi connectivity index (χ2n) is 5.41. The van der Waals surface area contributed by atoms with Gasteiger partial charge >= 0.3 is 0 Å². The molecule has 0 radical (unpaired) electrons. The Morgan fingerprint density at radius 2 is 1.65 bits per heavy atom. The number of anilines is 1. The van der Waals surface area contributed by atoms with E-state index in [0.717, 1.165) is 24.9 Å². The van der Waals surface area contributed by atoms with Crippen LogP contribution >= 0.6 is 0 Å². The van der Waals surface area contributed by atoms with E-state index in [0.29, 0.717) is 0 Å². The molecule has 0 saturated heterocycles. The first kappa shape index (κ1) is 14.0. The lowest BCUT2D eigenvalue weighted by Gasteiger charge is -2.16. The normalized spacial score (nSPS) is 12.8. The Balaban J connectivity index is 2.37. The molecule has 0 fully saturated rings. The van der Waals surface area contributed by atoms with E-state index in [4.69, 9.17) is 0 Å². The molecule has 0 spiro atoms. The average Bonchev–Trinajstić information content (AvgIpc) is 2.29. The van der Waals surface area contributed by atoms with Crippen LogP contribution in [-0.2, 0) is 6.54 Å². The first-order chi connectivity index (χ1) is 8.00. The van der Waals surface area contributed by atoms with Crippen LogP contribution in [0.1, 0.15) is 26.3 Å². The lowest BCUT2D eigenvalue weighted by atomic mass is 9.98. The number of benzene rings is 1. The molecule has 17 heavy (non-hydrogen) atoms. The molecule has 0 heterocycles. The molecular weight excluding hydrogens is 208 g/mol. The van der Waals surface area contributed by atoms with Gasteiger partial charge in [0.15, 0.2) is 0 Å². The fourth-order valence-electron chi connectivity index (χ4n) is 1.59. The first-order valence-electron chi connectivity index (χ1n) is 6.47. The van der Waals surface area contributed by atoms with Crippen molar-refractivity contribution in [2.45, 2.75) is 27.3 Å². The van der Waals surface area contributed by atoms with Crippen LogP contribution in [0.2, 0.25) is 0 Å². The first-order valence-corrected chi connectivity index (χ1v) is 6.47. The molecule has 1 atom stereocenters.